The second-order valence-corrected chi connectivity index (χ2v) is 7.58. The molecule has 1 aliphatic heterocycles. The number of aromatic nitrogens is 1. The smallest absolute Gasteiger partial charge is 0.268 e. The molecule has 0 radical (unpaired) electrons. The topological polar surface area (TPSA) is 60.3 Å². The molecular weight excluding hydrogens is 340 g/mol. The first-order valence-corrected chi connectivity index (χ1v) is 9.84. The standard InChI is InChI=1S/C22H26N2O3/c1-15-8-11-24(19-7-3-5-17-4-2-6-18(17)19)22(26)20(15)21(25)23-14-16-9-12-27-13-10-16/h3,5,7-8,11,16H,2,4,6,9-10,12-14H2,1H3,(H,23,25). The van der Waals surface area contributed by atoms with Gasteiger partial charge in [0.05, 0.1) is 5.69 Å². The predicted octanol–water partition coefficient (Wildman–Crippen LogP) is 2.79. The second kappa shape index (κ2) is 7.69. The first-order chi connectivity index (χ1) is 13.1. The van der Waals surface area contributed by atoms with Gasteiger partial charge in [0.25, 0.3) is 11.5 Å². The lowest BCUT2D eigenvalue weighted by Crippen LogP contribution is -2.37. The Morgan fingerprint density at radius 1 is 1.22 bits per heavy atom. The van der Waals surface area contributed by atoms with Gasteiger partial charge < -0.3 is 10.1 Å². The van der Waals surface area contributed by atoms with E-state index in [4.69, 9.17) is 4.74 Å². The monoisotopic (exact) mass is 366 g/mol. The van der Waals surface area contributed by atoms with Gasteiger partial charge in [0, 0.05) is 26.0 Å². The molecule has 0 saturated carbocycles. The van der Waals surface area contributed by atoms with Gasteiger partial charge in [-0.3, -0.25) is 14.2 Å². The van der Waals surface area contributed by atoms with E-state index < -0.39 is 0 Å². The number of amides is 1. The predicted molar refractivity (Wildman–Crippen MR) is 105 cm³/mol. The fraction of sp³-hybridized carbons (Fsp3) is 0.455. The molecule has 5 heteroatoms. The van der Waals surface area contributed by atoms with Crippen molar-refractivity contribution in [1.29, 1.82) is 0 Å². The molecule has 142 valence electrons. The number of hydrogen-bond donors (Lipinski definition) is 1. The second-order valence-electron chi connectivity index (χ2n) is 7.58. The zero-order chi connectivity index (χ0) is 18.8. The number of aryl methyl sites for hydroxylation is 2. The highest BCUT2D eigenvalue weighted by atomic mass is 16.5. The molecule has 1 aliphatic carbocycles. The van der Waals surface area contributed by atoms with Crippen LogP contribution in [0.15, 0.2) is 35.3 Å². The number of benzene rings is 1. The Labute approximate surface area is 159 Å². The molecule has 0 atom stereocenters. The van der Waals surface area contributed by atoms with Gasteiger partial charge in [-0.2, -0.15) is 0 Å². The van der Waals surface area contributed by atoms with Crippen molar-refractivity contribution in [3.63, 3.8) is 0 Å². The van der Waals surface area contributed by atoms with E-state index in [1.165, 1.54) is 11.1 Å². The molecule has 1 aromatic heterocycles. The summed E-state index contributed by atoms with van der Waals surface area (Å²) in [6.07, 6.45) is 6.86. The number of carbonyl (C=O) groups is 1. The normalized spacial score (nSPS) is 16.9. The Morgan fingerprint density at radius 3 is 2.85 bits per heavy atom. The maximum atomic E-state index is 13.2. The summed E-state index contributed by atoms with van der Waals surface area (Å²) in [5.41, 5.74) is 4.18. The minimum atomic E-state index is -0.272. The van der Waals surface area contributed by atoms with Crippen molar-refractivity contribution in [2.45, 2.75) is 39.0 Å². The number of fused-ring (bicyclic) bond motifs is 1. The zero-order valence-corrected chi connectivity index (χ0v) is 15.8. The molecule has 1 aromatic carbocycles. The first-order valence-electron chi connectivity index (χ1n) is 9.84. The maximum Gasteiger partial charge on any atom is 0.268 e. The minimum absolute atomic E-state index is 0.236. The van der Waals surface area contributed by atoms with Gasteiger partial charge in [-0.1, -0.05) is 12.1 Å². The van der Waals surface area contributed by atoms with Crippen molar-refractivity contribution < 1.29 is 9.53 Å². The third-order valence-electron chi connectivity index (χ3n) is 5.80. The Hall–Kier alpha value is -2.40. The summed E-state index contributed by atoms with van der Waals surface area (Å²) >= 11 is 0. The van der Waals surface area contributed by atoms with Crippen molar-refractivity contribution in [1.82, 2.24) is 9.88 Å². The zero-order valence-electron chi connectivity index (χ0n) is 15.8. The lowest BCUT2D eigenvalue weighted by Gasteiger charge is -2.22. The van der Waals surface area contributed by atoms with Gasteiger partial charge >= 0.3 is 0 Å². The van der Waals surface area contributed by atoms with Crippen LogP contribution in [0.3, 0.4) is 0 Å². The molecule has 0 spiro atoms. The Bertz CT molecular complexity index is 910. The van der Waals surface area contributed by atoms with Crippen LogP contribution in [0.1, 0.15) is 46.3 Å². The molecule has 0 bridgehead atoms. The summed E-state index contributed by atoms with van der Waals surface area (Å²) in [6, 6.07) is 7.97. The molecule has 2 aliphatic rings. The lowest BCUT2D eigenvalue weighted by atomic mass is 10.00. The number of rotatable bonds is 4. The molecule has 1 amide bonds. The fourth-order valence-corrected chi connectivity index (χ4v) is 4.19. The molecular formula is C22H26N2O3. The number of ether oxygens (including phenoxy) is 1. The average molecular weight is 366 g/mol. The summed E-state index contributed by atoms with van der Waals surface area (Å²) < 4.78 is 7.00. The fourth-order valence-electron chi connectivity index (χ4n) is 4.19. The summed E-state index contributed by atoms with van der Waals surface area (Å²) in [7, 11) is 0. The summed E-state index contributed by atoms with van der Waals surface area (Å²) in [5, 5.41) is 2.97. The molecule has 4 rings (SSSR count). The average Bonchev–Trinajstić information content (AvgIpc) is 3.16. The van der Waals surface area contributed by atoms with Crippen LogP contribution in [0, 0.1) is 12.8 Å². The van der Waals surface area contributed by atoms with Crippen molar-refractivity contribution in [2.24, 2.45) is 5.92 Å². The highest BCUT2D eigenvalue weighted by Crippen LogP contribution is 2.27. The Balaban J connectivity index is 1.62. The quantitative estimate of drug-likeness (QED) is 0.905. The molecule has 1 N–H and O–H groups in total. The molecule has 1 fully saturated rings. The van der Waals surface area contributed by atoms with Gasteiger partial charge in [-0.25, -0.2) is 0 Å². The van der Waals surface area contributed by atoms with Crippen LogP contribution in [-0.4, -0.2) is 30.2 Å². The van der Waals surface area contributed by atoms with Gasteiger partial charge in [-0.05, 0) is 73.8 Å². The number of carbonyl (C=O) groups excluding carboxylic acids is 1. The van der Waals surface area contributed by atoms with E-state index >= 15 is 0 Å². The SMILES string of the molecule is Cc1ccn(-c2cccc3c2CCC3)c(=O)c1C(=O)NCC1CCOCC1. The van der Waals surface area contributed by atoms with Crippen molar-refractivity contribution in [2.75, 3.05) is 19.8 Å². The third kappa shape index (κ3) is 3.56. The largest absolute Gasteiger partial charge is 0.381 e. The van der Waals surface area contributed by atoms with Crippen LogP contribution in [0.2, 0.25) is 0 Å². The van der Waals surface area contributed by atoms with E-state index in [0.29, 0.717) is 18.0 Å². The molecule has 2 heterocycles. The van der Waals surface area contributed by atoms with Gasteiger partial charge in [-0.15, -0.1) is 0 Å². The van der Waals surface area contributed by atoms with Gasteiger partial charge in [0.1, 0.15) is 5.56 Å². The van der Waals surface area contributed by atoms with E-state index in [2.05, 4.69) is 11.4 Å². The van der Waals surface area contributed by atoms with E-state index in [1.54, 1.807) is 10.8 Å². The lowest BCUT2D eigenvalue weighted by molar-refractivity contribution is 0.0642. The van der Waals surface area contributed by atoms with E-state index in [0.717, 1.165) is 51.0 Å². The van der Waals surface area contributed by atoms with Crippen LogP contribution in [0.4, 0.5) is 0 Å². The molecule has 1 saturated heterocycles. The van der Waals surface area contributed by atoms with Crippen molar-refractivity contribution >= 4 is 5.91 Å². The molecule has 2 aromatic rings. The number of pyridine rings is 1. The van der Waals surface area contributed by atoms with Gasteiger partial charge in [0.15, 0.2) is 0 Å². The van der Waals surface area contributed by atoms with Crippen molar-refractivity contribution in [3.05, 3.63) is 63.1 Å². The van der Waals surface area contributed by atoms with Crippen LogP contribution >= 0.6 is 0 Å². The molecule has 0 unspecified atom stereocenters. The third-order valence-corrected chi connectivity index (χ3v) is 5.80. The highest BCUT2D eigenvalue weighted by Gasteiger charge is 2.21. The van der Waals surface area contributed by atoms with Crippen LogP contribution in [0.5, 0.6) is 0 Å². The van der Waals surface area contributed by atoms with E-state index in [1.807, 2.05) is 25.1 Å². The van der Waals surface area contributed by atoms with Crippen LogP contribution < -0.4 is 10.9 Å². The minimum Gasteiger partial charge on any atom is -0.381 e. The van der Waals surface area contributed by atoms with E-state index in [-0.39, 0.29) is 17.0 Å². The first kappa shape index (κ1) is 18.0. The summed E-state index contributed by atoms with van der Waals surface area (Å²) in [6.45, 7) is 3.91. The molecule has 5 nitrogen and oxygen atoms in total. The summed E-state index contributed by atoms with van der Waals surface area (Å²) in [5.74, 6) is 0.150. The number of nitrogens with zero attached hydrogens (tertiary/aromatic N) is 1. The Kier molecular flexibility index (Phi) is 5.12. The number of hydrogen-bond acceptors (Lipinski definition) is 3. The van der Waals surface area contributed by atoms with E-state index in [9.17, 15) is 9.59 Å². The highest BCUT2D eigenvalue weighted by molar-refractivity contribution is 5.95. The number of nitrogens with one attached hydrogen (secondary N) is 1. The van der Waals surface area contributed by atoms with Crippen LogP contribution in [-0.2, 0) is 17.6 Å². The Morgan fingerprint density at radius 2 is 2.04 bits per heavy atom. The summed E-state index contributed by atoms with van der Waals surface area (Å²) in [4.78, 5) is 26.0. The maximum absolute atomic E-state index is 13.2. The van der Waals surface area contributed by atoms with Crippen molar-refractivity contribution in [3.8, 4) is 5.69 Å². The van der Waals surface area contributed by atoms with Crippen LogP contribution in [0.25, 0.3) is 5.69 Å². The molecule has 27 heavy (non-hydrogen) atoms. The van der Waals surface area contributed by atoms with Gasteiger partial charge in [0.2, 0.25) is 0 Å².